The zero-order valence-corrected chi connectivity index (χ0v) is 9.95. The topological polar surface area (TPSA) is 59.9 Å². The first-order valence-electron chi connectivity index (χ1n) is 4.92. The molecule has 86 valence electrons. The van der Waals surface area contributed by atoms with Gasteiger partial charge in [-0.05, 0) is 24.9 Å². The summed E-state index contributed by atoms with van der Waals surface area (Å²) in [4.78, 5) is 11.7. The van der Waals surface area contributed by atoms with Crippen molar-refractivity contribution in [1.82, 2.24) is 15.0 Å². The van der Waals surface area contributed by atoms with Gasteiger partial charge in [0.25, 0.3) is 0 Å². The van der Waals surface area contributed by atoms with Crippen LogP contribution >= 0.6 is 11.6 Å². The highest BCUT2D eigenvalue weighted by Crippen LogP contribution is 2.12. The van der Waals surface area contributed by atoms with Gasteiger partial charge in [-0.25, -0.2) is 0 Å². The Morgan fingerprint density at radius 1 is 1.50 bits per heavy atom. The largest absolute Gasteiger partial charge is 0.463 e. The third-order valence-electron chi connectivity index (χ3n) is 1.62. The van der Waals surface area contributed by atoms with Gasteiger partial charge in [-0.3, -0.25) is 0 Å². The second-order valence-electron chi connectivity index (χ2n) is 3.09. The molecule has 1 unspecified atom stereocenters. The fourth-order valence-electron chi connectivity index (χ4n) is 0.890. The molecule has 1 atom stereocenters. The number of rotatable bonds is 5. The lowest BCUT2D eigenvalue weighted by Gasteiger charge is -2.08. The zero-order chi connectivity index (χ0) is 12.0. The van der Waals surface area contributed by atoms with E-state index < -0.39 is 0 Å². The number of nitrogens with zero attached hydrogens (tertiary/aromatic N) is 3. The van der Waals surface area contributed by atoms with Gasteiger partial charge < -0.3 is 10.1 Å². The number of halogens is 1. The molecule has 0 aliphatic rings. The van der Waals surface area contributed by atoms with Crippen LogP contribution in [0.4, 0.5) is 5.95 Å². The summed E-state index contributed by atoms with van der Waals surface area (Å²) in [6.45, 7) is 4.33. The van der Waals surface area contributed by atoms with Crippen molar-refractivity contribution in [3.63, 3.8) is 0 Å². The van der Waals surface area contributed by atoms with Gasteiger partial charge in [0.1, 0.15) is 0 Å². The molecule has 1 aromatic heterocycles. The molecule has 0 fully saturated rings. The van der Waals surface area contributed by atoms with E-state index in [-0.39, 0.29) is 17.3 Å². The summed E-state index contributed by atoms with van der Waals surface area (Å²) in [7, 11) is 0. The molecule has 6 heteroatoms. The molecule has 0 spiro atoms. The summed E-state index contributed by atoms with van der Waals surface area (Å²) in [6.07, 6.45) is 6.10. The van der Waals surface area contributed by atoms with Crippen molar-refractivity contribution in [1.29, 1.82) is 0 Å². The van der Waals surface area contributed by atoms with Crippen molar-refractivity contribution in [3.05, 3.63) is 5.28 Å². The smallest absolute Gasteiger partial charge is 0.322 e. The van der Waals surface area contributed by atoms with E-state index in [1.165, 1.54) is 0 Å². The third kappa shape index (κ3) is 3.91. The van der Waals surface area contributed by atoms with Gasteiger partial charge in [0.05, 0.1) is 12.6 Å². The molecular weight excluding hydrogens is 228 g/mol. The van der Waals surface area contributed by atoms with Crippen LogP contribution in [-0.2, 0) is 0 Å². The summed E-state index contributed by atoms with van der Waals surface area (Å²) in [5, 5.41) is 2.96. The number of hydrogen-bond donors (Lipinski definition) is 1. The number of hydrogen-bond acceptors (Lipinski definition) is 5. The Morgan fingerprint density at radius 3 is 2.88 bits per heavy atom. The van der Waals surface area contributed by atoms with Crippen molar-refractivity contribution >= 4 is 17.5 Å². The van der Waals surface area contributed by atoms with Crippen LogP contribution in [0.1, 0.15) is 20.3 Å². The van der Waals surface area contributed by atoms with Crippen LogP contribution in [0.15, 0.2) is 0 Å². The maximum atomic E-state index is 5.72. The highest BCUT2D eigenvalue weighted by Gasteiger charge is 2.07. The van der Waals surface area contributed by atoms with Crippen molar-refractivity contribution in [3.8, 4) is 18.4 Å². The highest BCUT2D eigenvalue weighted by molar-refractivity contribution is 6.28. The van der Waals surface area contributed by atoms with Gasteiger partial charge in [0.15, 0.2) is 0 Å². The van der Waals surface area contributed by atoms with E-state index in [1.807, 2.05) is 13.8 Å². The standard InChI is InChI=1S/C10H13ClN4O/c1-4-6-16-10-14-8(11)13-9(15-10)12-7(3)5-2/h2,7H,4,6H2,1,3H3,(H,12,13,14,15). The Bertz CT molecular complexity index is 391. The fourth-order valence-corrected chi connectivity index (χ4v) is 1.04. The number of anilines is 1. The average molecular weight is 241 g/mol. The molecule has 0 bridgehead atoms. The van der Waals surface area contributed by atoms with Crippen LogP contribution < -0.4 is 10.1 Å². The minimum Gasteiger partial charge on any atom is -0.463 e. The lowest BCUT2D eigenvalue weighted by Crippen LogP contribution is -2.15. The molecule has 0 radical (unpaired) electrons. The van der Waals surface area contributed by atoms with E-state index in [0.29, 0.717) is 12.6 Å². The summed E-state index contributed by atoms with van der Waals surface area (Å²) in [5.41, 5.74) is 0. The predicted molar refractivity (Wildman–Crippen MR) is 62.5 cm³/mol. The van der Waals surface area contributed by atoms with Crippen molar-refractivity contribution in [2.45, 2.75) is 26.3 Å². The van der Waals surface area contributed by atoms with E-state index in [4.69, 9.17) is 22.8 Å². The lowest BCUT2D eigenvalue weighted by molar-refractivity contribution is 0.291. The summed E-state index contributed by atoms with van der Waals surface area (Å²) in [5.74, 6) is 2.82. The van der Waals surface area contributed by atoms with E-state index in [2.05, 4.69) is 26.2 Å². The van der Waals surface area contributed by atoms with E-state index in [1.54, 1.807) is 0 Å². The van der Waals surface area contributed by atoms with Crippen LogP contribution in [0.3, 0.4) is 0 Å². The summed E-state index contributed by atoms with van der Waals surface area (Å²) >= 11 is 5.72. The van der Waals surface area contributed by atoms with E-state index in [9.17, 15) is 0 Å². The number of aromatic nitrogens is 3. The molecule has 0 aromatic carbocycles. The molecule has 0 saturated heterocycles. The Kier molecular flexibility index (Phi) is 4.80. The Morgan fingerprint density at radius 2 is 2.25 bits per heavy atom. The molecule has 5 nitrogen and oxygen atoms in total. The van der Waals surface area contributed by atoms with Crippen molar-refractivity contribution in [2.75, 3.05) is 11.9 Å². The molecule has 0 amide bonds. The van der Waals surface area contributed by atoms with Crippen LogP contribution in [0, 0.1) is 12.3 Å². The quantitative estimate of drug-likeness (QED) is 0.795. The van der Waals surface area contributed by atoms with Crippen molar-refractivity contribution in [2.24, 2.45) is 0 Å². The van der Waals surface area contributed by atoms with Crippen LogP contribution in [0.5, 0.6) is 6.01 Å². The minimum atomic E-state index is -0.183. The van der Waals surface area contributed by atoms with Gasteiger partial charge in [-0.1, -0.05) is 12.8 Å². The molecule has 0 aliphatic carbocycles. The van der Waals surface area contributed by atoms with Gasteiger partial charge in [0.2, 0.25) is 11.2 Å². The first-order chi connectivity index (χ1) is 7.65. The highest BCUT2D eigenvalue weighted by atomic mass is 35.5. The average Bonchev–Trinajstić information content (AvgIpc) is 2.25. The van der Waals surface area contributed by atoms with Gasteiger partial charge in [-0.15, -0.1) is 6.42 Å². The van der Waals surface area contributed by atoms with Gasteiger partial charge in [-0.2, -0.15) is 15.0 Å². The first-order valence-corrected chi connectivity index (χ1v) is 5.30. The van der Waals surface area contributed by atoms with Crippen LogP contribution in [-0.4, -0.2) is 27.6 Å². The van der Waals surface area contributed by atoms with Gasteiger partial charge >= 0.3 is 6.01 Å². The number of terminal acetylenes is 1. The van der Waals surface area contributed by atoms with E-state index in [0.717, 1.165) is 6.42 Å². The second kappa shape index (κ2) is 6.13. The first kappa shape index (κ1) is 12.5. The minimum absolute atomic E-state index is 0.0767. The predicted octanol–water partition coefficient (Wildman–Crippen LogP) is 1.75. The summed E-state index contributed by atoms with van der Waals surface area (Å²) in [6, 6.07) is 0.0195. The zero-order valence-electron chi connectivity index (χ0n) is 9.20. The van der Waals surface area contributed by atoms with Crippen LogP contribution in [0.25, 0.3) is 0 Å². The second-order valence-corrected chi connectivity index (χ2v) is 3.43. The van der Waals surface area contributed by atoms with Crippen LogP contribution in [0.2, 0.25) is 5.28 Å². The Labute approximate surface area is 99.6 Å². The monoisotopic (exact) mass is 240 g/mol. The molecular formula is C10H13ClN4O. The fraction of sp³-hybridized carbons (Fsp3) is 0.500. The molecule has 1 N–H and O–H groups in total. The maximum absolute atomic E-state index is 5.72. The maximum Gasteiger partial charge on any atom is 0.322 e. The lowest BCUT2D eigenvalue weighted by atomic mass is 10.4. The molecule has 1 rings (SSSR count). The molecule has 1 heterocycles. The SMILES string of the molecule is C#CC(C)Nc1nc(Cl)nc(OCCC)n1. The van der Waals surface area contributed by atoms with E-state index >= 15 is 0 Å². The molecule has 16 heavy (non-hydrogen) atoms. The van der Waals surface area contributed by atoms with Gasteiger partial charge in [0, 0.05) is 0 Å². The Hall–Kier alpha value is -1.54. The molecule has 0 saturated carbocycles. The molecule has 1 aromatic rings. The number of ether oxygens (including phenoxy) is 1. The number of nitrogens with one attached hydrogen (secondary N) is 1. The Balaban J connectivity index is 2.77. The molecule has 0 aliphatic heterocycles. The van der Waals surface area contributed by atoms with Crippen molar-refractivity contribution < 1.29 is 4.74 Å². The third-order valence-corrected chi connectivity index (χ3v) is 1.79. The summed E-state index contributed by atoms with van der Waals surface area (Å²) < 4.78 is 5.25. The normalized spacial score (nSPS) is 11.6.